The highest BCUT2D eigenvalue weighted by atomic mass is 32.2. The smallest absolute Gasteiger partial charge is 0.339 e. The number of thioether (sulfide) groups is 1. The quantitative estimate of drug-likeness (QED) is 0.846. The summed E-state index contributed by atoms with van der Waals surface area (Å²) in [5, 5.41) is 9.92. The van der Waals surface area contributed by atoms with Crippen molar-refractivity contribution in [2.45, 2.75) is 32.0 Å². The number of ether oxygens (including phenoxy) is 2. The Morgan fingerprint density at radius 1 is 1.55 bits per heavy atom. The largest absolute Gasteiger partial charge is 0.490 e. The SMILES string of the molecule is CCOC(=O)C(O)c1cccc(OC2CCCSC2)c1. The Labute approximate surface area is 123 Å². The van der Waals surface area contributed by atoms with E-state index in [0.717, 1.165) is 12.2 Å². The summed E-state index contributed by atoms with van der Waals surface area (Å²) in [6.07, 6.45) is 1.18. The monoisotopic (exact) mass is 296 g/mol. The van der Waals surface area contributed by atoms with E-state index < -0.39 is 12.1 Å². The van der Waals surface area contributed by atoms with E-state index in [9.17, 15) is 9.90 Å². The number of hydrogen-bond acceptors (Lipinski definition) is 5. The molecule has 1 fully saturated rings. The van der Waals surface area contributed by atoms with Gasteiger partial charge in [-0.2, -0.15) is 11.8 Å². The molecule has 0 bridgehead atoms. The Bertz CT molecular complexity index is 443. The first-order valence-electron chi connectivity index (χ1n) is 6.89. The number of benzene rings is 1. The van der Waals surface area contributed by atoms with Gasteiger partial charge in [0.05, 0.1) is 6.61 Å². The van der Waals surface area contributed by atoms with E-state index in [1.807, 2.05) is 17.8 Å². The van der Waals surface area contributed by atoms with E-state index in [4.69, 9.17) is 9.47 Å². The van der Waals surface area contributed by atoms with Crippen molar-refractivity contribution in [3.63, 3.8) is 0 Å². The Kier molecular flexibility index (Phi) is 5.73. The molecule has 0 aliphatic carbocycles. The van der Waals surface area contributed by atoms with Crippen LogP contribution >= 0.6 is 11.8 Å². The molecule has 0 saturated carbocycles. The molecular weight excluding hydrogens is 276 g/mol. The minimum atomic E-state index is -1.25. The number of aliphatic hydroxyl groups is 1. The van der Waals surface area contributed by atoms with Crippen molar-refractivity contribution >= 4 is 17.7 Å². The highest BCUT2D eigenvalue weighted by Crippen LogP contribution is 2.25. The normalized spacial score (nSPS) is 20.2. The summed E-state index contributed by atoms with van der Waals surface area (Å²) >= 11 is 1.90. The predicted octanol–water partition coefficient (Wildman–Crippen LogP) is 2.56. The average Bonchev–Trinajstić information content (AvgIpc) is 2.48. The van der Waals surface area contributed by atoms with E-state index in [-0.39, 0.29) is 12.7 Å². The maximum Gasteiger partial charge on any atom is 0.339 e. The Morgan fingerprint density at radius 2 is 2.40 bits per heavy atom. The second-order valence-corrected chi connectivity index (χ2v) is 5.83. The highest BCUT2D eigenvalue weighted by molar-refractivity contribution is 7.99. The van der Waals surface area contributed by atoms with Gasteiger partial charge in [-0.1, -0.05) is 12.1 Å². The molecule has 0 radical (unpaired) electrons. The second kappa shape index (κ2) is 7.55. The molecule has 1 aliphatic heterocycles. The van der Waals surface area contributed by atoms with Gasteiger partial charge in [0.15, 0.2) is 6.10 Å². The van der Waals surface area contributed by atoms with Gasteiger partial charge in [-0.15, -0.1) is 0 Å². The van der Waals surface area contributed by atoms with Crippen LogP contribution in [0.4, 0.5) is 0 Å². The molecule has 0 amide bonds. The summed E-state index contributed by atoms with van der Waals surface area (Å²) in [4.78, 5) is 11.5. The minimum Gasteiger partial charge on any atom is -0.490 e. The molecule has 2 unspecified atom stereocenters. The van der Waals surface area contributed by atoms with Crippen LogP contribution in [0.3, 0.4) is 0 Å². The molecule has 4 nitrogen and oxygen atoms in total. The maximum atomic E-state index is 11.5. The van der Waals surface area contributed by atoms with Crippen molar-refractivity contribution in [3.05, 3.63) is 29.8 Å². The molecule has 1 aromatic carbocycles. The van der Waals surface area contributed by atoms with Crippen molar-refractivity contribution in [1.29, 1.82) is 0 Å². The Hall–Kier alpha value is -1.20. The molecule has 1 aromatic rings. The molecule has 2 rings (SSSR count). The van der Waals surface area contributed by atoms with Gasteiger partial charge in [-0.3, -0.25) is 0 Å². The number of carbonyl (C=O) groups excluding carboxylic acids is 1. The van der Waals surface area contributed by atoms with Gasteiger partial charge in [0, 0.05) is 5.75 Å². The van der Waals surface area contributed by atoms with Crippen LogP contribution in [0.5, 0.6) is 5.75 Å². The topological polar surface area (TPSA) is 55.8 Å². The highest BCUT2D eigenvalue weighted by Gasteiger charge is 2.20. The zero-order valence-electron chi connectivity index (χ0n) is 11.6. The number of carbonyl (C=O) groups is 1. The van der Waals surface area contributed by atoms with Crippen LogP contribution in [0.2, 0.25) is 0 Å². The van der Waals surface area contributed by atoms with Gasteiger partial charge >= 0.3 is 5.97 Å². The Morgan fingerprint density at radius 3 is 3.10 bits per heavy atom. The third kappa shape index (κ3) is 4.15. The van der Waals surface area contributed by atoms with Crippen LogP contribution in [-0.2, 0) is 9.53 Å². The predicted molar refractivity (Wildman–Crippen MR) is 79.0 cm³/mol. The summed E-state index contributed by atoms with van der Waals surface area (Å²) in [5.41, 5.74) is 0.504. The molecule has 1 saturated heterocycles. The van der Waals surface area contributed by atoms with Crippen molar-refractivity contribution in [2.75, 3.05) is 18.1 Å². The Balaban J connectivity index is 2.01. The first-order valence-corrected chi connectivity index (χ1v) is 8.05. The summed E-state index contributed by atoms with van der Waals surface area (Å²) in [5.74, 6) is 2.25. The van der Waals surface area contributed by atoms with Crippen molar-refractivity contribution < 1.29 is 19.4 Å². The van der Waals surface area contributed by atoms with Gasteiger partial charge in [0.25, 0.3) is 0 Å². The van der Waals surface area contributed by atoms with Gasteiger partial charge < -0.3 is 14.6 Å². The number of rotatable bonds is 5. The molecule has 1 N–H and O–H groups in total. The first kappa shape index (κ1) is 15.2. The van der Waals surface area contributed by atoms with E-state index in [0.29, 0.717) is 11.3 Å². The zero-order valence-corrected chi connectivity index (χ0v) is 12.4. The molecule has 1 heterocycles. The van der Waals surface area contributed by atoms with Gasteiger partial charge in [-0.05, 0) is 43.2 Å². The van der Waals surface area contributed by atoms with Crippen LogP contribution in [-0.4, -0.2) is 35.3 Å². The lowest BCUT2D eigenvalue weighted by atomic mass is 10.1. The molecule has 20 heavy (non-hydrogen) atoms. The maximum absolute atomic E-state index is 11.5. The first-order chi connectivity index (χ1) is 9.70. The minimum absolute atomic E-state index is 0.212. The van der Waals surface area contributed by atoms with Gasteiger partial charge in [-0.25, -0.2) is 4.79 Å². The average molecular weight is 296 g/mol. The molecule has 0 spiro atoms. The van der Waals surface area contributed by atoms with Crippen LogP contribution < -0.4 is 4.74 Å². The van der Waals surface area contributed by atoms with Crippen LogP contribution in [0.1, 0.15) is 31.4 Å². The van der Waals surface area contributed by atoms with Gasteiger partial charge in [0.2, 0.25) is 0 Å². The fourth-order valence-electron chi connectivity index (χ4n) is 2.11. The molecule has 1 aliphatic rings. The fourth-order valence-corrected chi connectivity index (χ4v) is 3.15. The van der Waals surface area contributed by atoms with Crippen molar-refractivity contribution in [2.24, 2.45) is 0 Å². The summed E-state index contributed by atoms with van der Waals surface area (Å²) in [6, 6.07) is 7.04. The lowest BCUT2D eigenvalue weighted by Gasteiger charge is -2.23. The standard InChI is InChI=1S/C15H20O4S/c1-2-18-15(17)14(16)11-5-3-6-12(9-11)19-13-7-4-8-20-10-13/h3,5-6,9,13-14,16H,2,4,7-8,10H2,1H3. The van der Waals surface area contributed by atoms with Gasteiger partial charge in [0.1, 0.15) is 11.9 Å². The lowest BCUT2D eigenvalue weighted by Crippen LogP contribution is -2.23. The van der Waals surface area contributed by atoms with Crippen molar-refractivity contribution in [3.8, 4) is 5.75 Å². The second-order valence-electron chi connectivity index (χ2n) is 4.68. The third-order valence-electron chi connectivity index (χ3n) is 3.10. The third-order valence-corrected chi connectivity index (χ3v) is 4.29. The zero-order chi connectivity index (χ0) is 14.4. The van der Waals surface area contributed by atoms with E-state index in [2.05, 4.69) is 0 Å². The number of hydrogen-bond donors (Lipinski definition) is 1. The number of esters is 1. The fraction of sp³-hybridized carbons (Fsp3) is 0.533. The van der Waals surface area contributed by atoms with E-state index in [1.54, 1.807) is 25.1 Å². The molecule has 110 valence electrons. The van der Waals surface area contributed by atoms with E-state index >= 15 is 0 Å². The lowest BCUT2D eigenvalue weighted by molar-refractivity contribution is -0.153. The van der Waals surface area contributed by atoms with Crippen molar-refractivity contribution in [1.82, 2.24) is 0 Å². The molecule has 5 heteroatoms. The molecular formula is C15H20O4S. The van der Waals surface area contributed by atoms with Crippen LogP contribution in [0.25, 0.3) is 0 Å². The van der Waals surface area contributed by atoms with Crippen LogP contribution in [0, 0.1) is 0 Å². The van der Waals surface area contributed by atoms with Crippen LogP contribution in [0.15, 0.2) is 24.3 Å². The molecule has 0 aromatic heterocycles. The summed E-state index contributed by atoms with van der Waals surface area (Å²) in [7, 11) is 0. The molecule has 2 atom stereocenters. The summed E-state index contributed by atoms with van der Waals surface area (Å²) < 4.78 is 10.7. The summed E-state index contributed by atoms with van der Waals surface area (Å²) in [6.45, 7) is 1.97. The number of aliphatic hydroxyl groups excluding tert-OH is 1. The van der Waals surface area contributed by atoms with E-state index in [1.165, 1.54) is 12.2 Å².